The summed E-state index contributed by atoms with van der Waals surface area (Å²) < 4.78 is 8.85. The molecule has 0 aliphatic rings. The highest BCUT2D eigenvalue weighted by Crippen LogP contribution is 2.45. The van der Waals surface area contributed by atoms with Crippen molar-refractivity contribution in [2.75, 3.05) is 0 Å². The first-order valence-electron chi connectivity index (χ1n) is 12.1. The number of para-hydroxylation sites is 3. The van der Waals surface area contributed by atoms with E-state index in [9.17, 15) is 0 Å². The highest BCUT2D eigenvalue weighted by Gasteiger charge is 2.21. The Balaban J connectivity index is 1.65. The van der Waals surface area contributed by atoms with Gasteiger partial charge in [0.05, 0.1) is 11.0 Å². The standard InChI is InChI=1S/C33H20N2O/c1-2-10-22(11-3-1)35-28-14-6-4-13-24(28)32-29(35)17-16-25-31(32)26(21-9-8-18-34-20-21)19-27-23-12-5-7-15-30(23)36-33(25)27/h1-20H. The third-order valence-corrected chi connectivity index (χ3v) is 7.26. The van der Waals surface area contributed by atoms with Gasteiger partial charge in [-0.05, 0) is 54.1 Å². The van der Waals surface area contributed by atoms with Crippen LogP contribution in [0.2, 0.25) is 0 Å². The quantitative estimate of drug-likeness (QED) is 0.258. The van der Waals surface area contributed by atoms with Crippen molar-refractivity contribution in [2.45, 2.75) is 0 Å². The van der Waals surface area contributed by atoms with E-state index in [1.54, 1.807) is 0 Å². The van der Waals surface area contributed by atoms with Crippen LogP contribution in [0.25, 0.3) is 71.3 Å². The van der Waals surface area contributed by atoms with E-state index in [1.165, 1.54) is 32.8 Å². The first kappa shape index (κ1) is 19.4. The topological polar surface area (TPSA) is 31.0 Å². The molecule has 0 unspecified atom stereocenters. The van der Waals surface area contributed by atoms with E-state index in [4.69, 9.17) is 4.42 Å². The van der Waals surface area contributed by atoms with Gasteiger partial charge in [0.25, 0.3) is 0 Å². The molecule has 168 valence electrons. The highest BCUT2D eigenvalue weighted by atomic mass is 16.3. The molecule has 0 saturated carbocycles. The molecule has 3 heterocycles. The molecule has 3 aromatic heterocycles. The minimum absolute atomic E-state index is 0.906. The molecule has 0 amide bonds. The van der Waals surface area contributed by atoms with Crippen LogP contribution in [-0.2, 0) is 0 Å². The number of rotatable bonds is 2. The van der Waals surface area contributed by atoms with Gasteiger partial charge >= 0.3 is 0 Å². The predicted octanol–water partition coefficient (Wildman–Crippen LogP) is 8.90. The van der Waals surface area contributed by atoms with Gasteiger partial charge in [-0.2, -0.15) is 0 Å². The Kier molecular flexibility index (Phi) is 3.94. The summed E-state index contributed by atoms with van der Waals surface area (Å²) in [6, 6.07) is 38.4. The van der Waals surface area contributed by atoms with E-state index in [-0.39, 0.29) is 0 Å². The highest BCUT2D eigenvalue weighted by molar-refractivity contribution is 6.30. The van der Waals surface area contributed by atoms with Gasteiger partial charge in [0, 0.05) is 56.0 Å². The fourth-order valence-corrected chi connectivity index (χ4v) is 5.76. The molecule has 0 aliphatic heterocycles. The number of aromatic nitrogens is 2. The maximum Gasteiger partial charge on any atom is 0.143 e. The van der Waals surface area contributed by atoms with Crippen LogP contribution in [0, 0.1) is 0 Å². The third-order valence-electron chi connectivity index (χ3n) is 7.26. The molecule has 0 N–H and O–H groups in total. The van der Waals surface area contributed by atoms with Crippen molar-refractivity contribution in [1.29, 1.82) is 0 Å². The average molecular weight is 461 g/mol. The molecule has 3 heteroatoms. The number of hydrogen-bond acceptors (Lipinski definition) is 2. The van der Waals surface area contributed by atoms with Crippen LogP contribution in [0.3, 0.4) is 0 Å². The number of benzene rings is 5. The molecule has 0 spiro atoms. The lowest BCUT2D eigenvalue weighted by molar-refractivity contribution is 0.673. The molecule has 0 radical (unpaired) electrons. The van der Waals surface area contributed by atoms with Crippen molar-refractivity contribution in [3.8, 4) is 16.8 Å². The van der Waals surface area contributed by atoms with Crippen molar-refractivity contribution < 1.29 is 4.42 Å². The van der Waals surface area contributed by atoms with Gasteiger partial charge in [-0.15, -0.1) is 0 Å². The van der Waals surface area contributed by atoms with Gasteiger partial charge in [-0.25, -0.2) is 0 Å². The van der Waals surface area contributed by atoms with Gasteiger partial charge in [-0.1, -0.05) is 60.7 Å². The zero-order chi connectivity index (χ0) is 23.6. The van der Waals surface area contributed by atoms with E-state index in [1.807, 2.05) is 30.6 Å². The summed E-state index contributed by atoms with van der Waals surface area (Å²) in [5.74, 6) is 0. The Labute approximate surface area is 206 Å². The Bertz CT molecular complexity index is 2080. The molecule has 0 bridgehead atoms. The number of pyridine rings is 1. The third kappa shape index (κ3) is 2.60. The number of furan rings is 1. The molecular weight excluding hydrogens is 440 g/mol. The van der Waals surface area contributed by atoms with Crippen LogP contribution in [-0.4, -0.2) is 9.55 Å². The summed E-state index contributed by atoms with van der Waals surface area (Å²) in [4.78, 5) is 4.46. The SMILES string of the molecule is c1ccc(-n2c3ccccc3c3c4c(-c5cccnc5)cc5c6ccccc6oc5c4ccc32)cc1. The second kappa shape index (κ2) is 7.30. The molecule has 8 rings (SSSR count). The van der Waals surface area contributed by atoms with Gasteiger partial charge < -0.3 is 8.98 Å². The maximum atomic E-state index is 6.49. The molecule has 5 aromatic carbocycles. The van der Waals surface area contributed by atoms with Gasteiger partial charge in [0.1, 0.15) is 11.2 Å². The number of hydrogen-bond donors (Lipinski definition) is 0. The summed E-state index contributed by atoms with van der Waals surface area (Å²) in [5.41, 5.74) is 7.61. The molecular formula is C33H20N2O. The van der Waals surface area contributed by atoms with Crippen LogP contribution in [0.5, 0.6) is 0 Å². The summed E-state index contributed by atoms with van der Waals surface area (Å²) in [6.45, 7) is 0. The second-order valence-corrected chi connectivity index (χ2v) is 9.21. The van der Waals surface area contributed by atoms with E-state index in [0.717, 1.165) is 38.6 Å². The van der Waals surface area contributed by atoms with E-state index in [0.29, 0.717) is 0 Å². The van der Waals surface area contributed by atoms with Crippen molar-refractivity contribution in [3.63, 3.8) is 0 Å². The van der Waals surface area contributed by atoms with Crippen LogP contribution in [0.4, 0.5) is 0 Å². The molecule has 8 aromatic rings. The Morgan fingerprint density at radius 1 is 0.583 bits per heavy atom. The molecule has 0 saturated heterocycles. The molecule has 0 aliphatic carbocycles. The number of nitrogens with zero attached hydrogens (tertiary/aromatic N) is 2. The lowest BCUT2D eigenvalue weighted by atomic mass is 9.93. The van der Waals surface area contributed by atoms with Crippen LogP contribution in [0.1, 0.15) is 0 Å². The summed E-state index contributed by atoms with van der Waals surface area (Å²) in [7, 11) is 0. The lowest BCUT2D eigenvalue weighted by Gasteiger charge is -2.11. The molecule has 36 heavy (non-hydrogen) atoms. The molecule has 3 nitrogen and oxygen atoms in total. The summed E-state index contributed by atoms with van der Waals surface area (Å²) in [5, 5.41) is 7.02. The van der Waals surface area contributed by atoms with Gasteiger partial charge in [0.2, 0.25) is 0 Å². The minimum atomic E-state index is 0.906. The number of fused-ring (bicyclic) bond motifs is 9. The Morgan fingerprint density at radius 2 is 1.39 bits per heavy atom. The smallest absolute Gasteiger partial charge is 0.143 e. The fraction of sp³-hybridized carbons (Fsp3) is 0. The monoisotopic (exact) mass is 460 g/mol. The summed E-state index contributed by atoms with van der Waals surface area (Å²) in [6.07, 6.45) is 3.78. The van der Waals surface area contributed by atoms with Crippen LogP contribution >= 0.6 is 0 Å². The Hall–Kier alpha value is -4.89. The Morgan fingerprint density at radius 3 is 2.25 bits per heavy atom. The van der Waals surface area contributed by atoms with Crippen molar-refractivity contribution in [3.05, 3.63) is 122 Å². The first-order chi connectivity index (χ1) is 17.9. The van der Waals surface area contributed by atoms with Crippen LogP contribution in [0.15, 0.2) is 126 Å². The minimum Gasteiger partial charge on any atom is -0.455 e. The molecule has 0 atom stereocenters. The zero-order valence-electron chi connectivity index (χ0n) is 19.3. The van der Waals surface area contributed by atoms with E-state index in [2.05, 4.69) is 101 Å². The van der Waals surface area contributed by atoms with Crippen LogP contribution < -0.4 is 0 Å². The van der Waals surface area contributed by atoms with Gasteiger partial charge in [0.15, 0.2) is 0 Å². The lowest BCUT2D eigenvalue weighted by Crippen LogP contribution is -1.93. The van der Waals surface area contributed by atoms with Crippen molar-refractivity contribution in [1.82, 2.24) is 9.55 Å². The van der Waals surface area contributed by atoms with Gasteiger partial charge in [-0.3, -0.25) is 4.98 Å². The van der Waals surface area contributed by atoms with E-state index >= 15 is 0 Å². The normalized spacial score (nSPS) is 11.9. The second-order valence-electron chi connectivity index (χ2n) is 9.21. The zero-order valence-corrected chi connectivity index (χ0v) is 19.3. The fourth-order valence-electron chi connectivity index (χ4n) is 5.76. The van der Waals surface area contributed by atoms with E-state index < -0.39 is 0 Å². The summed E-state index contributed by atoms with van der Waals surface area (Å²) >= 11 is 0. The maximum absolute atomic E-state index is 6.49. The van der Waals surface area contributed by atoms with Crippen molar-refractivity contribution >= 4 is 54.5 Å². The first-order valence-corrected chi connectivity index (χ1v) is 12.1. The average Bonchev–Trinajstić information content (AvgIpc) is 3.49. The molecule has 0 fully saturated rings. The van der Waals surface area contributed by atoms with Crippen molar-refractivity contribution in [2.24, 2.45) is 0 Å². The largest absolute Gasteiger partial charge is 0.455 e. The predicted molar refractivity (Wildman–Crippen MR) is 149 cm³/mol.